The molecule has 0 aliphatic carbocycles. The van der Waals surface area contributed by atoms with Gasteiger partial charge in [-0.1, -0.05) is 0 Å². The fourth-order valence-corrected chi connectivity index (χ4v) is 3.66. The number of methoxy groups -OCH3 is 1. The Morgan fingerprint density at radius 2 is 2.15 bits per heavy atom. The van der Waals surface area contributed by atoms with Gasteiger partial charge in [0, 0.05) is 10.7 Å². The number of esters is 1. The molecule has 0 unspecified atom stereocenters. The Balaban J connectivity index is 2.34. The van der Waals surface area contributed by atoms with Gasteiger partial charge < -0.3 is 4.74 Å². The summed E-state index contributed by atoms with van der Waals surface area (Å²) in [6.07, 6.45) is 1.45. The van der Waals surface area contributed by atoms with Crippen LogP contribution in [0.5, 0.6) is 0 Å². The predicted octanol–water partition coefficient (Wildman–Crippen LogP) is 1.89. The highest BCUT2D eigenvalue weighted by Crippen LogP contribution is 2.23. The summed E-state index contributed by atoms with van der Waals surface area (Å²) in [5.41, 5.74) is 1.01. The second-order valence-corrected chi connectivity index (χ2v) is 7.10. The van der Waals surface area contributed by atoms with Crippen LogP contribution in [0.1, 0.15) is 10.5 Å². The molecule has 0 aliphatic heterocycles. The smallest absolute Gasteiger partial charge is 0.358 e. The third kappa shape index (κ3) is 3.14. The molecule has 0 spiro atoms. The summed E-state index contributed by atoms with van der Waals surface area (Å²) in [7, 11) is -2.79. The molecule has 2 rings (SSSR count). The topological polar surface area (TPSA) is 98.2 Å². The van der Waals surface area contributed by atoms with Crippen LogP contribution in [0.15, 0.2) is 32.5 Å². The summed E-state index contributed by atoms with van der Waals surface area (Å²) in [5.74, 6) is -0.673. The van der Waals surface area contributed by atoms with Crippen LogP contribution in [0, 0.1) is 0 Å². The summed E-state index contributed by atoms with van der Waals surface area (Å²) in [5, 5.41) is 0. The van der Waals surface area contributed by atoms with E-state index < -0.39 is 16.0 Å². The first-order chi connectivity index (χ1) is 9.44. The first-order valence-electron chi connectivity index (χ1n) is 5.10. The quantitative estimate of drug-likeness (QED) is 0.816. The van der Waals surface area contributed by atoms with Gasteiger partial charge in [0.2, 0.25) is 0 Å². The molecule has 2 heterocycles. The highest BCUT2D eigenvalue weighted by Gasteiger charge is 2.26. The molecule has 0 aliphatic rings. The van der Waals surface area contributed by atoms with E-state index in [4.69, 9.17) is 0 Å². The average molecular weight is 378 g/mol. The second-order valence-electron chi connectivity index (χ2n) is 3.45. The zero-order valence-electron chi connectivity index (χ0n) is 10.0. The molecule has 0 saturated carbocycles. The van der Waals surface area contributed by atoms with Crippen LogP contribution < -0.4 is 4.72 Å². The number of rotatable bonds is 4. The number of hydrogen-bond acceptors (Lipinski definition) is 7. The van der Waals surface area contributed by atoms with Crippen LogP contribution in [0.4, 0.5) is 5.82 Å². The van der Waals surface area contributed by atoms with E-state index in [0.717, 1.165) is 18.4 Å². The SMILES string of the molecule is COC(=O)c1ncsc1S(=O)(=O)Nc1ccc(Br)cn1. The molecule has 2 aromatic heterocycles. The lowest BCUT2D eigenvalue weighted by Crippen LogP contribution is -2.16. The lowest BCUT2D eigenvalue weighted by atomic mass is 10.5. The Bertz CT molecular complexity index is 727. The van der Waals surface area contributed by atoms with Gasteiger partial charge in [-0.3, -0.25) is 4.72 Å². The Morgan fingerprint density at radius 3 is 2.75 bits per heavy atom. The van der Waals surface area contributed by atoms with Gasteiger partial charge in [0.15, 0.2) is 9.90 Å². The van der Waals surface area contributed by atoms with Crippen molar-refractivity contribution in [3.8, 4) is 0 Å². The van der Waals surface area contributed by atoms with Crippen molar-refractivity contribution in [3.63, 3.8) is 0 Å². The third-order valence-corrected chi connectivity index (χ3v) is 5.32. The highest BCUT2D eigenvalue weighted by molar-refractivity contribution is 9.10. The molecular weight excluding hydrogens is 370 g/mol. The molecule has 1 N–H and O–H groups in total. The predicted molar refractivity (Wildman–Crippen MR) is 76.2 cm³/mol. The van der Waals surface area contributed by atoms with Crippen molar-refractivity contribution in [2.45, 2.75) is 4.21 Å². The van der Waals surface area contributed by atoms with Crippen molar-refractivity contribution in [1.82, 2.24) is 9.97 Å². The summed E-state index contributed by atoms with van der Waals surface area (Å²) in [4.78, 5) is 19.1. The van der Waals surface area contributed by atoms with E-state index in [1.54, 1.807) is 6.07 Å². The van der Waals surface area contributed by atoms with Gasteiger partial charge in [0.25, 0.3) is 10.0 Å². The van der Waals surface area contributed by atoms with Crippen molar-refractivity contribution in [3.05, 3.63) is 34.0 Å². The number of sulfonamides is 1. The molecule has 7 nitrogen and oxygen atoms in total. The molecule has 0 amide bonds. The van der Waals surface area contributed by atoms with Gasteiger partial charge in [-0.25, -0.2) is 23.2 Å². The number of ether oxygens (including phenoxy) is 1. The molecule has 0 aromatic carbocycles. The van der Waals surface area contributed by atoms with Gasteiger partial charge in [-0.2, -0.15) is 0 Å². The van der Waals surface area contributed by atoms with Crippen LogP contribution in [-0.2, 0) is 14.8 Å². The molecule has 0 fully saturated rings. The zero-order chi connectivity index (χ0) is 14.8. The van der Waals surface area contributed by atoms with Gasteiger partial charge in [-0.05, 0) is 28.1 Å². The molecule has 106 valence electrons. The summed E-state index contributed by atoms with van der Waals surface area (Å²) in [6, 6.07) is 3.12. The largest absolute Gasteiger partial charge is 0.464 e. The van der Waals surface area contributed by atoms with Crippen LogP contribution in [0.2, 0.25) is 0 Å². The molecule has 2 aromatic rings. The Morgan fingerprint density at radius 1 is 1.40 bits per heavy atom. The van der Waals surface area contributed by atoms with Gasteiger partial charge >= 0.3 is 5.97 Å². The van der Waals surface area contributed by atoms with Crippen LogP contribution in [-0.4, -0.2) is 31.5 Å². The molecule has 20 heavy (non-hydrogen) atoms. The minimum Gasteiger partial charge on any atom is -0.464 e. The van der Waals surface area contributed by atoms with Crippen molar-refractivity contribution in [2.75, 3.05) is 11.8 Å². The standard InChI is InChI=1S/C10H8BrN3O4S2/c1-18-9(15)8-10(19-5-13-8)20(16,17)14-7-3-2-6(11)4-12-7/h2-5H,1H3,(H,12,14). The van der Waals surface area contributed by atoms with Crippen LogP contribution >= 0.6 is 27.3 Å². The lowest BCUT2D eigenvalue weighted by molar-refractivity contribution is 0.0590. The normalized spacial score (nSPS) is 11.1. The number of thiazole rings is 1. The van der Waals surface area contributed by atoms with Crippen molar-refractivity contribution in [2.24, 2.45) is 0 Å². The van der Waals surface area contributed by atoms with Crippen molar-refractivity contribution < 1.29 is 17.9 Å². The van der Waals surface area contributed by atoms with E-state index in [1.807, 2.05) is 0 Å². The number of aromatic nitrogens is 2. The fraction of sp³-hybridized carbons (Fsp3) is 0.100. The average Bonchev–Trinajstić information content (AvgIpc) is 2.90. The minimum atomic E-state index is -3.94. The lowest BCUT2D eigenvalue weighted by Gasteiger charge is -2.06. The summed E-state index contributed by atoms with van der Waals surface area (Å²) >= 11 is 4.02. The maximum absolute atomic E-state index is 12.2. The molecule has 0 radical (unpaired) electrons. The van der Waals surface area contributed by atoms with E-state index in [9.17, 15) is 13.2 Å². The maximum atomic E-state index is 12.2. The van der Waals surface area contributed by atoms with E-state index in [1.165, 1.54) is 17.8 Å². The highest BCUT2D eigenvalue weighted by atomic mass is 79.9. The Hall–Kier alpha value is -1.52. The molecular formula is C10H8BrN3O4S2. The molecule has 0 saturated heterocycles. The number of carbonyl (C=O) groups excluding carboxylic acids is 1. The number of nitrogens with one attached hydrogen (secondary N) is 1. The molecule has 10 heteroatoms. The van der Waals surface area contributed by atoms with Gasteiger partial charge in [-0.15, -0.1) is 11.3 Å². The number of pyridine rings is 1. The number of nitrogens with zero attached hydrogens (tertiary/aromatic N) is 2. The minimum absolute atomic E-state index is 0.136. The second kappa shape index (κ2) is 5.85. The zero-order valence-corrected chi connectivity index (χ0v) is 13.3. The van der Waals surface area contributed by atoms with Crippen LogP contribution in [0.3, 0.4) is 0 Å². The summed E-state index contributed by atoms with van der Waals surface area (Å²) in [6.45, 7) is 0. The first kappa shape index (κ1) is 14.9. The first-order valence-corrected chi connectivity index (χ1v) is 8.26. The number of halogens is 1. The third-order valence-electron chi connectivity index (χ3n) is 2.12. The van der Waals surface area contributed by atoms with Crippen molar-refractivity contribution in [1.29, 1.82) is 0 Å². The van der Waals surface area contributed by atoms with Crippen LogP contribution in [0.25, 0.3) is 0 Å². The number of carbonyl (C=O) groups is 1. The van der Waals surface area contributed by atoms with E-state index in [0.29, 0.717) is 4.47 Å². The number of anilines is 1. The van der Waals surface area contributed by atoms with E-state index in [-0.39, 0.29) is 15.7 Å². The van der Waals surface area contributed by atoms with Crippen molar-refractivity contribution >= 4 is 49.1 Å². The molecule has 0 atom stereocenters. The fourth-order valence-electron chi connectivity index (χ4n) is 1.28. The number of hydrogen-bond donors (Lipinski definition) is 1. The summed E-state index contributed by atoms with van der Waals surface area (Å²) < 4.78 is 31.6. The monoisotopic (exact) mass is 377 g/mol. The Labute approximate surface area is 127 Å². The molecule has 0 bridgehead atoms. The van der Waals surface area contributed by atoms with E-state index in [2.05, 4.69) is 35.4 Å². The van der Waals surface area contributed by atoms with E-state index >= 15 is 0 Å². The Kier molecular flexibility index (Phi) is 4.35. The van der Waals surface area contributed by atoms with Gasteiger partial charge in [0.1, 0.15) is 5.82 Å². The van der Waals surface area contributed by atoms with Gasteiger partial charge in [0.05, 0.1) is 12.6 Å². The maximum Gasteiger partial charge on any atom is 0.358 e.